The van der Waals surface area contributed by atoms with Crippen molar-refractivity contribution in [2.75, 3.05) is 24.7 Å². The molecule has 2 aromatic heterocycles. The van der Waals surface area contributed by atoms with Crippen molar-refractivity contribution in [2.45, 2.75) is 32.4 Å². The van der Waals surface area contributed by atoms with Gasteiger partial charge >= 0.3 is 0 Å². The zero-order valence-electron chi connectivity index (χ0n) is 19.2. The number of nitrogens with zero attached hydrogens (tertiary/aromatic N) is 4. The van der Waals surface area contributed by atoms with Crippen LogP contribution in [0.2, 0.25) is 0 Å². The largest absolute Gasteiger partial charge is 0.491 e. The summed E-state index contributed by atoms with van der Waals surface area (Å²) in [5.74, 6) is 2.39. The van der Waals surface area contributed by atoms with Gasteiger partial charge in [0.05, 0.1) is 18.3 Å². The standard InChI is InChI=1S/C24H29N7O2/c1-13(2)33-17-7-5-6-16(11-17)27-24-29-21-20(25-12-26-21)22(30-24)28-19-15-9-8-14(10-15)18(19)23(32)31(3)4/h5-9,11-15,18-19H,10H2,1-4H3,(H3,25,26,27,28,29,30). The number of hydrogen-bond acceptors (Lipinski definition) is 7. The van der Waals surface area contributed by atoms with Gasteiger partial charge in [-0.25, -0.2) is 4.98 Å². The Morgan fingerprint density at radius 2 is 2.03 bits per heavy atom. The second-order valence-corrected chi connectivity index (χ2v) is 9.19. The van der Waals surface area contributed by atoms with Gasteiger partial charge in [0, 0.05) is 31.9 Å². The average molecular weight is 448 g/mol. The molecule has 1 aromatic carbocycles. The molecule has 4 unspecified atom stereocenters. The third-order valence-electron chi connectivity index (χ3n) is 6.24. The Bertz CT molecular complexity index is 1200. The van der Waals surface area contributed by atoms with Crippen LogP contribution < -0.4 is 15.4 Å². The van der Waals surface area contributed by atoms with E-state index in [1.165, 1.54) is 0 Å². The molecule has 33 heavy (non-hydrogen) atoms. The number of amides is 1. The Kier molecular flexibility index (Phi) is 5.39. The third kappa shape index (κ3) is 4.10. The molecule has 1 amide bonds. The molecule has 172 valence electrons. The molecule has 3 N–H and O–H groups in total. The first kappa shape index (κ1) is 21.2. The fraction of sp³-hybridized carbons (Fsp3) is 0.417. The first-order chi connectivity index (χ1) is 15.9. The van der Waals surface area contributed by atoms with Crippen LogP contribution in [-0.4, -0.2) is 57.0 Å². The zero-order chi connectivity index (χ0) is 23.1. The van der Waals surface area contributed by atoms with Crippen molar-refractivity contribution in [3.8, 4) is 5.75 Å². The summed E-state index contributed by atoms with van der Waals surface area (Å²) in [6, 6.07) is 7.65. The lowest BCUT2D eigenvalue weighted by Crippen LogP contribution is -2.43. The number of carbonyl (C=O) groups is 1. The molecule has 3 aromatic rings. The van der Waals surface area contributed by atoms with Crippen LogP contribution in [0.1, 0.15) is 20.3 Å². The summed E-state index contributed by atoms with van der Waals surface area (Å²) in [5, 5.41) is 6.83. The number of nitrogens with one attached hydrogen (secondary N) is 3. The average Bonchev–Trinajstić information content (AvgIpc) is 3.49. The first-order valence-electron chi connectivity index (χ1n) is 11.3. The number of rotatable bonds is 7. The molecule has 0 saturated heterocycles. The van der Waals surface area contributed by atoms with Gasteiger partial charge in [0.25, 0.3) is 0 Å². The van der Waals surface area contributed by atoms with E-state index < -0.39 is 0 Å². The molecule has 5 rings (SSSR count). The predicted octanol–water partition coefficient (Wildman–Crippen LogP) is 3.57. The highest BCUT2D eigenvalue weighted by atomic mass is 16.5. The minimum atomic E-state index is -0.121. The Hall–Kier alpha value is -3.62. The Morgan fingerprint density at radius 3 is 2.82 bits per heavy atom. The minimum absolute atomic E-state index is 0.0353. The molecule has 2 bridgehead atoms. The van der Waals surface area contributed by atoms with Crippen molar-refractivity contribution in [3.05, 3.63) is 42.7 Å². The second kappa shape index (κ2) is 8.38. The molecule has 0 radical (unpaired) electrons. The maximum atomic E-state index is 12.9. The number of allylic oxidation sites excluding steroid dienone is 1. The van der Waals surface area contributed by atoms with Gasteiger partial charge in [-0.05, 0) is 44.2 Å². The summed E-state index contributed by atoms with van der Waals surface area (Å²) in [6.07, 6.45) is 7.06. The van der Waals surface area contributed by atoms with E-state index in [-0.39, 0.29) is 35.8 Å². The van der Waals surface area contributed by atoms with Gasteiger partial charge in [-0.15, -0.1) is 0 Å². The fourth-order valence-electron chi connectivity index (χ4n) is 4.85. The van der Waals surface area contributed by atoms with Crippen LogP contribution in [0.5, 0.6) is 5.75 Å². The minimum Gasteiger partial charge on any atom is -0.491 e. The molecule has 9 heteroatoms. The number of aromatic nitrogens is 4. The topological polar surface area (TPSA) is 108 Å². The number of carbonyl (C=O) groups excluding carboxylic acids is 1. The van der Waals surface area contributed by atoms with Crippen LogP contribution in [0.4, 0.5) is 17.5 Å². The fourth-order valence-corrected chi connectivity index (χ4v) is 4.85. The van der Waals surface area contributed by atoms with Crippen LogP contribution in [-0.2, 0) is 4.79 Å². The molecule has 0 spiro atoms. The number of benzene rings is 1. The number of aromatic amines is 1. The van der Waals surface area contributed by atoms with Crippen molar-refractivity contribution in [2.24, 2.45) is 17.8 Å². The first-order valence-corrected chi connectivity index (χ1v) is 11.3. The van der Waals surface area contributed by atoms with Crippen molar-refractivity contribution < 1.29 is 9.53 Å². The number of H-pyrrole nitrogens is 1. The van der Waals surface area contributed by atoms with Crippen LogP contribution in [0.15, 0.2) is 42.7 Å². The summed E-state index contributed by atoms with van der Waals surface area (Å²) in [5.41, 5.74) is 2.09. The van der Waals surface area contributed by atoms with Crippen molar-refractivity contribution in [3.63, 3.8) is 0 Å². The Labute approximate surface area is 192 Å². The molecule has 2 heterocycles. The smallest absolute Gasteiger partial charge is 0.231 e. The van der Waals surface area contributed by atoms with Crippen molar-refractivity contribution in [1.29, 1.82) is 0 Å². The highest BCUT2D eigenvalue weighted by Gasteiger charge is 2.49. The van der Waals surface area contributed by atoms with Crippen LogP contribution in [0, 0.1) is 17.8 Å². The van der Waals surface area contributed by atoms with E-state index in [9.17, 15) is 4.79 Å². The SMILES string of the molecule is CC(C)Oc1cccc(Nc2nc(NC3C4C=CC(C4)C3C(=O)N(C)C)c3[nH]cnc3n2)c1. The lowest BCUT2D eigenvalue weighted by Gasteiger charge is -2.30. The normalized spacial score (nSPS) is 23.3. The zero-order valence-corrected chi connectivity index (χ0v) is 19.2. The summed E-state index contributed by atoms with van der Waals surface area (Å²) >= 11 is 0. The van der Waals surface area contributed by atoms with Gasteiger partial charge in [-0.1, -0.05) is 18.2 Å². The van der Waals surface area contributed by atoms with Crippen LogP contribution in [0.3, 0.4) is 0 Å². The second-order valence-electron chi connectivity index (χ2n) is 9.19. The molecule has 1 fully saturated rings. The maximum Gasteiger partial charge on any atom is 0.231 e. The number of anilines is 3. The van der Waals surface area contributed by atoms with E-state index in [0.29, 0.717) is 17.4 Å². The van der Waals surface area contributed by atoms with E-state index in [1.807, 2.05) is 52.2 Å². The van der Waals surface area contributed by atoms with Gasteiger partial charge in [-0.3, -0.25) is 4.79 Å². The highest BCUT2D eigenvalue weighted by molar-refractivity contribution is 5.86. The number of ether oxygens (including phenoxy) is 1. The number of fused-ring (bicyclic) bond motifs is 3. The Morgan fingerprint density at radius 1 is 1.21 bits per heavy atom. The van der Waals surface area contributed by atoms with Crippen LogP contribution in [0.25, 0.3) is 11.2 Å². The van der Waals surface area contributed by atoms with Gasteiger partial charge < -0.3 is 25.3 Å². The van der Waals surface area contributed by atoms with Gasteiger partial charge in [0.2, 0.25) is 11.9 Å². The van der Waals surface area contributed by atoms with E-state index in [0.717, 1.165) is 23.4 Å². The quantitative estimate of drug-likeness (QED) is 0.475. The molecule has 1 saturated carbocycles. The van der Waals surface area contributed by atoms with E-state index >= 15 is 0 Å². The van der Waals surface area contributed by atoms with E-state index in [1.54, 1.807) is 11.2 Å². The molecular weight excluding hydrogens is 418 g/mol. The molecule has 4 atom stereocenters. The summed E-state index contributed by atoms with van der Waals surface area (Å²) in [4.78, 5) is 31.4. The van der Waals surface area contributed by atoms with Gasteiger partial charge in [0.1, 0.15) is 11.3 Å². The third-order valence-corrected chi connectivity index (χ3v) is 6.24. The summed E-state index contributed by atoms with van der Waals surface area (Å²) < 4.78 is 5.79. The molecule has 2 aliphatic rings. The highest BCUT2D eigenvalue weighted by Crippen LogP contribution is 2.45. The summed E-state index contributed by atoms with van der Waals surface area (Å²) in [6.45, 7) is 3.98. The molecule has 2 aliphatic carbocycles. The van der Waals surface area contributed by atoms with Gasteiger partial charge in [-0.2, -0.15) is 9.97 Å². The van der Waals surface area contributed by atoms with E-state index in [2.05, 4.69) is 37.7 Å². The molecular formula is C24H29N7O2. The number of imidazole rings is 1. The lowest BCUT2D eigenvalue weighted by molar-refractivity contribution is -0.133. The van der Waals surface area contributed by atoms with Crippen molar-refractivity contribution in [1.82, 2.24) is 24.8 Å². The van der Waals surface area contributed by atoms with Crippen LogP contribution >= 0.6 is 0 Å². The van der Waals surface area contributed by atoms with Gasteiger partial charge in [0.15, 0.2) is 11.5 Å². The predicted molar refractivity (Wildman–Crippen MR) is 128 cm³/mol. The summed E-state index contributed by atoms with van der Waals surface area (Å²) in [7, 11) is 3.62. The lowest BCUT2D eigenvalue weighted by atomic mass is 9.87. The molecule has 0 aliphatic heterocycles. The van der Waals surface area contributed by atoms with Crippen molar-refractivity contribution >= 4 is 34.5 Å². The maximum absolute atomic E-state index is 12.9. The molecule has 9 nitrogen and oxygen atoms in total. The monoisotopic (exact) mass is 447 g/mol. The Balaban J connectivity index is 1.44. The van der Waals surface area contributed by atoms with E-state index in [4.69, 9.17) is 9.72 Å². The number of hydrogen-bond donors (Lipinski definition) is 3.